The number of amides is 1. The number of nitrogens with zero attached hydrogens (tertiary/aromatic N) is 3. The van der Waals surface area contributed by atoms with E-state index in [2.05, 4.69) is 14.8 Å². The third kappa shape index (κ3) is 4.43. The van der Waals surface area contributed by atoms with Gasteiger partial charge in [0.1, 0.15) is 15.9 Å². The summed E-state index contributed by atoms with van der Waals surface area (Å²) in [5.74, 6) is -0.578. The van der Waals surface area contributed by atoms with E-state index in [0.29, 0.717) is 21.2 Å². The lowest BCUT2D eigenvalue weighted by Gasteiger charge is -2.06. The van der Waals surface area contributed by atoms with Crippen molar-refractivity contribution in [2.75, 3.05) is 17.8 Å². The van der Waals surface area contributed by atoms with Crippen molar-refractivity contribution in [1.29, 1.82) is 0 Å². The van der Waals surface area contributed by atoms with Crippen LogP contribution in [0.2, 0.25) is 10.0 Å². The molecule has 27 heavy (non-hydrogen) atoms. The summed E-state index contributed by atoms with van der Waals surface area (Å²) < 4.78 is 20.5. The molecular weight excluding hydrogens is 450 g/mol. The maximum Gasteiger partial charge on any atom is 0.261 e. The first kappa shape index (κ1) is 20.5. The Balaban J connectivity index is 1.83. The number of hydrogen-bond donors (Lipinski definition) is 1. The van der Waals surface area contributed by atoms with E-state index in [1.807, 2.05) is 12.5 Å². The number of rotatable bonds is 6. The summed E-state index contributed by atoms with van der Waals surface area (Å²) in [5, 5.41) is 8.14. The molecule has 3 aromatic rings. The topological polar surface area (TPSA) is 59.8 Å². The maximum atomic E-state index is 14.0. The number of hydrogen-bond acceptors (Lipinski definition) is 6. The highest BCUT2D eigenvalue weighted by Crippen LogP contribution is 2.33. The third-order valence-corrected chi connectivity index (χ3v) is 6.94. The van der Waals surface area contributed by atoms with Crippen LogP contribution < -0.4 is 5.32 Å². The zero-order chi connectivity index (χ0) is 19.6. The highest BCUT2D eigenvalue weighted by atomic mass is 35.5. The minimum absolute atomic E-state index is 0.0905. The van der Waals surface area contributed by atoms with Gasteiger partial charge in [0, 0.05) is 16.8 Å². The summed E-state index contributed by atoms with van der Waals surface area (Å²) >= 11 is 16.4. The van der Waals surface area contributed by atoms with Gasteiger partial charge < -0.3 is 5.32 Å². The van der Waals surface area contributed by atoms with Crippen LogP contribution in [0.4, 0.5) is 10.2 Å². The van der Waals surface area contributed by atoms with Crippen LogP contribution in [0.25, 0.3) is 0 Å². The van der Waals surface area contributed by atoms with Gasteiger partial charge in [-0.2, -0.15) is 9.47 Å². The molecule has 142 valence electrons. The highest BCUT2D eigenvalue weighted by Gasteiger charge is 2.22. The molecule has 11 heteroatoms. The van der Waals surface area contributed by atoms with Gasteiger partial charge in [0.2, 0.25) is 0 Å². The number of carbonyl (C=O) groups is 1. The molecule has 0 bridgehead atoms. The van der Waals surface area contributed by atoms with Crippen molar-refractivity contribution in [3.05, 3.63) is 51.4 Å². The molecule has 0 aliphatic carbocycles. The second kappa shape index (κ2) is 8.83. The van der Waals surface area contributed by atoms with Crippen LogP contribution in [0.5, 0.6) is 0 Å². The van der Waals surface area contributed by atoms with Gasteiger partial charge in [0.15, 0.2) is 5.82 Å². The molecule has 1 amide bonds. The van der Waals surface area contributed by atoms with Gasteiger partial charge in [-0.15, -0.1) is 23.5 Å². The fourth-order valence-corrected chi connectivity index (χ4v) is 5.01. The standard InChI is InChI=1S/C16H13Cl2FN4OS3/c1-25-15-12(16(26-2)27-22-15)14(24)20-13-10(18)7-23(21-13)6-8-9(17)4-3-5-11(8)19/h3-5,7H,6H2,1-2H3,(H,20,21,24). The van der Waals surface area contributed by atoms with Crippen LogP contribution in [0.1, 0.15) is 15.9 Å². The van der Waals surface area contributed by atoms with Crippen LogP contribution in [0, 0.1) is 5.82 Å². The summed E-state index contributed by atoms with van der Waals surface area (Å²) in [6, 6.07) is 4.46. The predicted octanol–water partition coefficient (Wildman–Crippen LogP) is 5.53. The van der Waals surface area contributed by atoms with Crippen LogP contribution >= 0.6 is 58.3 Å². The van der Waals surface area contributed by atoms with E-state index >= 15 is 0 Å². The lowest BCUT2D eigenvalue weighted by molar-refractivity contribution is 0.102. The summed E-state index contributed by atoms with van der Waals surface area (Å²) in [5.41, 5.74) is 0.801. The Kier molecular flexibility index (Phi) is 6.69. The maximum absolute atomic E-state index is 14.0. The molecule has 2 aromatic heterocycles. The van der Waals surface area contributed by atoms with Gasteiger partial charge in [-0.3, -0.25) is 9.48 Å². The zero-order valence-electron chi connectivity index (χ0n) is 14.1. The Hall–Kier alpha value is -1.26. The lowest BCUT2D eigenvalue weighted by atomic mass is 10.2. The molecule has 0 unspecified atom stereocenters. The first-order valence-electron chi connectivity index (χ1n) is 7.49. The molecule has 0 saturated heterocycles. The van der Waals surface area contributed by atoms with Crippen molar-refractivity contribution in [2.24, 2.45) is 0 Å². The molecule has 1 N–H and O–H groups in total. The Morgan fingerprint density at radius 2 is 2.07 bits per heavy atom. The van der Waals surface area contributed by atoms with E-state index < -0.39 is 5.82 Å². The molecule has 0 saturated carbocycles. The van der Waals surface area contributed by atoms with Crippen molar-refractivity contribution in [3.63, 3.8) is 0 Å². The Bertz CT molecular complexity index is 950. The fraction of sp³-hybridized carbons (Fsp3) is 0.188. The summed E-state index contributed by atoms with van der Waals surface area (Å²) in [4.78, 5) is 12.7. The number of aromatic nitrogens is 3. The van der Waals surface area contributed by atoms with Gasteiger partial charge in [0.25, 0.3) is 5.91 Å². The van der Waals surface area contributed by atoms with Gasteiger partial charge in [0.05, 0.1) is 16.3 Å². The number of halogens is 3. The summed E-state index contributed by atoms with van der Waals surface area (Å²) in [6.45, 7) is 0.0905. The van der Waals surface area contributed by atoms with Crippen LogP contribution in [-0.4, -0.2) is 32.6 Å². The van der Waals surface area contributed by atoms with E-state index in [1.54, 1.807) is 6.07 Å². The zero-order valence-corrected chi connectivity index (χ0v) is 18.1. The molecular formula is C16H13Cl2FN4OS3. The van der Waals surface area contributed by atoms with Crippen molar-refractivity contribution in [2.45, 2.75) is 15.8 Å². The second-order valence-electron chi connectivity index (χ2n) is 5.24. The molecule has 0 fully saturated rings. The van der Waals surface area contributed by atoms with Crippen LogP contribution in [-0.2, 0) is 6.54 Å². The smallest absolute Gasteiger partial charge is 0.261 e. The molecule has 2 heterocycles. The molecule has 0 atom stereocenters. The predicted molar refractivity (Wildman–Crippen MR) is 111 cm³/mol. The van der Waals surface area contributed by atoms with Gasteiger partial charge >= 0.3 is 0 Å². The molecule has 0 aliphatic rings. The van der Waals surface area contributed by atoms with E-state index in [4.69, 9.17) is 23.2 Å². The fourth-order valence-electron chi connectivity index (χ4n) is 2.31. The van der Waals surface area contributed by atoms with E-state index in [9.17, 15) is 9.18 Å². The normalized spacial score (nSPS) is 11.0. The quantitative estimate of drug-likeness (QED) is 0.487. The van der Waals surface area contributed by atoms with E-state index in [-0.39, 0.29) is 23.3 Å². The number of anilines is 1. The Morgan fingerprint density at radius 1 is 1.30 bits per heavy atom. The second-order valence-corrected chi connectivity index (χ2v) is 8.69. The third-order valence-electron chi connectivity index (χ3n) is 3.57. The molecule has 5 nitrogen and oxygen atoms in total. The number of benzene rings is 1. The number of thioether (sulfide) groups is 2. The van der Waals surface area contributed by atoms with E-state index in [1.165, 1.54) is 58.1 Å². The highest BCUT2D eigenvalue weighted by molar-refractivity contribution is 8.01. The molecule has 0 radical (unpaired) electrons. The summed E-state index contributed by atoms with van der Waals surface area (Å²) in [7, 11) is 0. The van der Waals surface area contributed by atoms with E-state index in [0.717, 1.165) is 4.21 Å². The average molecular weight is 463 g/mol. The summed E-state index contributed by atoms with van der Waals surface area (Å²) in [6.07, 6.45) is 5.25. The first-order chi connectivity index (χ1) is 12.9. The largest absolute Gasteiger partial charge is 0.304 e. The minimum Gasteiger partial charge on any atom is -0.304 e. The molecule has 3 rings (SSSR count). The Morgan fingerprint density at radius 3 is 2.74 bits per heavy atom. The van der Waals surface area contributed by atoms with Gasteiger partial charge in [-0.25, -0.2) is 4.39 Å². The van der Waals surface area contributed by atoms with Crippen LogP contribution in [0.15, 0.2) is 33.6 Å². The van der Waals surface area contributed by atoms with Gasteiger partial charge in [-0.05, 0) is 36.2 Å². The van der Waals surface area contributed by atoms with Crippen molar-refractivity contribution in [1.82, 2.24) is 14.2 Å². The molecule has 0 spiro atoms. The average Bonchev–Trinajstić information content (AvgIpc) is 3.21. The Labute approximate surface area is 177 Å². The van der Waals surface area contributed by atoms with Gasteiger partial charge in [-0.1, -0.05) is 29.3 Å². The first-order valence-corrected chi connectivity index (χ1v) is 11.5. The molecule has 0 aliphatic heterocycles. The SMILES string of the molecule is CSc1nsc(SC)c1C(=O)Nc1nn(Cc2c(F)cccc2Cl)cc1Cl. The monoisotopic (exact) mass is 462 g/mol. The van der Waals surface area contributed by atoms with Crippen LogP contribution in [0.3, 0.4) is 0 Å². The lowest BCUT2D eigenvalue weighted by Crippen LogP contribution is -2.14. The molecule has 1 aromatic carbocycles. The minimum atomic E-state index is -0.432. The van der Waals surface area contributed by atoms with Crippen molar-refractivity contribution < 1.29 is 9.18 Å². The van der Waals surface area contributed by atoms with Crippen molar-refractivity contribution in [3.8, 4) is 0 Å². The van der Waals surface area contributed by atoms with Crippen molar-refractivity contribution >= 4 is 70.0 Å². The number of carbonyl (C=O) groups excluding carboxylic acids is 1. The number of nitrogens with one attached hydrogen (secondary N) is 1.